The molecular weight excluding hydrogens is 482 g/mol. The van der Waals surface area contributed by atoms with Crippen LogP contribution in [0, 0.1) is 0 Å². The zero-order valence-corrected chi connectivity index (χ0v) is 19.6. The van der Waals surface area contributed by atoms with Gasteiger partial charge in [-0.2, -0.15) is 0 Å². The highest BCUT2D eigenvalue weighted by Gasteiger charge is 2.24. The van der Waals surface area contributed by atoms with Gasteiger partial charge in [-0.15, -0.1) is 11.6 Å². The molecule has 4 N–H and O–H groups in total. The number of aromatic nitrogens is 2. The van der Waals surface area contributed by atoms with Crippen LogP contribution in [-0.2, 0) is 10.0 Å². The van der Waals surface area contributed by atoms with Crippen molar-refractivity contribution in [2.75, 3.05) is 24.3 Å². The van der Waals surface area contributed by atoms with Gasteiger partial charge >= 0.3 is 0 Å². The van der Waals surface area contributed by atoms with E-state index in [2.05, 4.69) is 9.71 Å². The molecule has 0 bridgehead atoms. The van der Waals surface area contributed by atoms with Crippen molar-refractivity contribution >= 4 is 38.3 Å². The minimum Gasteiger partial charge on any atom is -0.504 e. The highest BCUT2D eigenvalue weighted by Crippen LogP contribution is 2.41. The summed E-state index contributed by atoms with van der Waals surface area (Å²) in [5, 5.41) is 30.1. The second-order valence-electron chi connectivity index (χ2n) is 7.46. The molecule has 9 nitrogen and oxygen atoms in total. The molecule has 0 fully saturated rings. The number of ether oxygens (including phenoxy) is 1. The Labute approximate surface area is 200 Å². The average molecular weight is 504 g/mol. The Morgan fingerprint density at radius 2 is 1.85 bits per heavy atom. The van der Waals surface area contributed by atoms with Crippen LogP contribution in [0.25, 0.3) is 22.4 Å². The largest absolute Gasteiger partial charge is 0.504 e. The summed E-state index contributed by atoms with van der Waals surface area (Å²) in [4.78, 5) is 4.58. The lowest BCUT2D eigenvalue weighted by Gasteiger charge is -2.18. The van der Waals surface area contributed by atoms with Crippen molar-refractivity contribution in [1.29, 1.82) is 0 Å². The van der Waals surface area contributed by atoms with Crippen LogP contribution in [0.5, 0.6) is 17.2 Å². The molecule has 0 radical (unpaired) electrons. The van der Waals surface area contributed by atoms with Crippen molar-refractivity contribution in [3.63, 3.8) is 0 Å². The lowest BCUT2D eigenvalue weighted by atomic mass is 10.1. The molecule has 1 atom stereocenters. The van der Waals surface area contributed by atoms with E-state index in [0.29, 0.717) is 28.1 Å². The second kappa shape index (κ2) is 9.41. The number of nitrogens with one attached hydrogen (secondary N) is 1. The Morgan fingerprint density at radius 3 is 2.50 bits per heavy atom. The van der Waals surface area contributed by atoms with E-state index in [9.17, 15) is 23.7 Å². The molecule has 0 saturated heterocycles. The first kappa shape index (κ1) is 23.7. The highest BCUT2D eigenvalue weighted by atomic mass is 35.5. The number of hydrogen-bond donors (Lipinski definition) is 4. The fourth-order valence-electron chi connectivity index (χ4n) is 3.61. The number of fused-ring (bicyclic) bond motifs is 1. The molecule has 1 aromatic heterocycles. The Morgan fingerprint density at radius 1 is 1.12 bits per heavy atom. The third kappa shape index (κ3) is 4.35. The predicted octanol–water partition coefficient (Wildman–Crippen LogP) is 3.70. The maximum Gasteiger partial charge on any atom is 0.261 e. The minimum atomic E-state index is -3.92. The highest BCUT2D eigenvalue weighted by molar-refractivity contribution is 7.92. The number of imidazole rings is 1. The van der Waals surface area contributed by atoms with Crippen LogP contribution in [0.4, 0.5) is 5.69 Å². The van der Waals surface area contributed by atoms with E-state index in [1.807, 2.05) is 0 Å². The number of halogens is 1. The van der Waals surface area contributed by atoms with E-state index >= 15 is 0 Å². The molecule has 1 unspecified atom stereocenters. The molecular formula is C23H22ClN3O6S. The van der Waals surface area contributed by atoms with E-state index in [0.717, 1.165) is 0 Å². The van der Waals surface area contributed by atoms with E-state index in [1.54, 1.807) is 41.0 Å². The number of sulfonamides is 1. The van der Waals surface area contributed by atoms with Gasteiger partial charge in [-0.3, -0.25) is 4.72 Å². The van der Waals surface area contributed by atoms with Gasteiger partial charge in [0.2, 0.25) is 5.75 Å². The molecule has 0 aliphatic rings. The van der Waals surface area contributed by atoms with Crippen molar-refractivity contribution in [1.82, 2.24) is 9.55 Å². The first-order chi connectivity index (χ1) is 16.3. The van der Waals surface area contributed by atoms with Gasteiger partial charge in [0.15, 0.2) is 11.5 Å². The van der Waals surface area contributed by atoms with Gasteiger partial charge in [0.1, 0.15) is 5.82 Å². The maximum atomic E-state index is 13.0. The third-order valence-electron chi connectivity index (χ3n) is 5.28. The zero-order valence-electron chi connectivity index (χ0n) is 18.0. The van der Waals surface area contributed by atoms with Gasteiger partial charge in [0.25, 0.3) is 10.0 Å². The number of para-hydroxylation sites is 1. The molecule has 0 aliphatic heterocycles. The van der Waals surface area contributed by atoms with Gasteiger partial charge in [-0.05, 0) is 42.5 Å². The number of aliphatic hydroxyl groups excluding tert-OH is 1. The summed E-state index contributed by atoms with van der Waals surface area (Å²) < 4.78 is 35.3. The van der Waals surface area contributed by atoms with Crippen LogP contribution >= 0.6 is 11.6 Å². The molecule has 34 heavy (non-hydrogen) atoms. The number of hydrogen-bond acceptors (Lipinski definition) is 7. The van der Waals surface area contributed by atoms with Crippen molar-refractivity contribution in [2.24, 2.45) is 0 Å². The van der Waals surface area contributed by atoms with Crippen LogP contribution in [0.2, 0.25) is 0 Å². The number of methoxy groups -OCH3 is 1. The van der Waals surface area contributed by atoms with E-state index in [4.69, 9.17) is 16.3 Å². The second-order valence-corrected chi connectivity index (χ2v) is 9.46. The number of aromatic hydroxyl groups is 2. The zero-order chi connectivity index (χ0) is 24.5. The summed E-state index contributed by atoms with van der Waals surface area (Å²) in [7, 11) is -2.58. The summed E-state index contributed by atoms with van der Waals surface area (Å²) in [5.74, 6) is -0.515. The predicted molar refractivity (Wildman–Crippen MR) is 129 cm³/mol. The standard InChI is InChI=1S/C23H22ClN3O6S/c1-33-21-10-14(9-20(29)22(21)30)23-25-18-8-7-17(11-19(18)27(23)16(12-24)13-28)34(31,32)26-15-5-3-2-4-6-15/h2-11,16,26,28-30H,12-13H2,1H3. The van der Waals surface area contributed by atoms with Crippen molar-refractivity contribution in [2.45, 2.75) is 10.9 Å². The van der Waals surface area contributed by atoms with E-state index in [1.165, 1.54) is 31.4 Å². The van der Waals surface area contributed by atoms with Crippen molar-refractivity contribution in [3.8, 4) is 28.6 Å². The van der Waals surface area contributed by atoms with Crippen LogP contribution < -0.4 is 9.46 Å². The first-order valence-electron chi connectivity index (χ1n) is 10.2. The molecule has 178 valence electrons. The lowest BCUT2D eigenvalue weighted by molar-refractivity contribution is 0.244. The Bertz CT molecular complexity index is 1440. The number of phenols is 2. The fraction of sp³-hybridized carbons (Fsp3) is 0.174. The fourth-order valence-corrected chi connectivity index (χ4v) is 4.92. The Kier molecular flexibility index (Phi) is 6.56. The topological polar surface area (TPSA) is 134 Å². The third-order valence-corrected chi connectivity index (χ3v) is 7.02. The monoisotopic (exact) mass is 503 g/mol. The van der Waals surface area contributed by atoms with E-state index in [-0.39, 0.29) is 23.1 Å². The lowest BCUT2D eigenvalue weighted by Crippen LogP contribution is -2.17. The van der Waals surface area contributed by atoms with Crippen molar-refractivity contribution in [3.05, 3.63) is 60.7 Å². The van der Waals surface area contributed by atoms with Crippen LogP contribution in [0.3, 0.4) is 0 Å². The molecule has 0 amide bonds. The minimum absolute atomic E-state index is 0.00560. The smallest absolute Gasteiger partial charge is 0.261 e. The van der Waals surface area contributed by atoms with Gasteiger partial charge < -0.3 is 24.6 Å². The summed E-state index contributed by atoms with van der Waals surface area (Å²) in [6, 6.07) is 15.0. The van der Waals surface area contributed by atoms with E-state index < -0.39 is 27.6 Å². The normalized spacial score (nSPS) is 12.6. The molecule has 4 rings (SSSR count). The van der Waals surface area contributed by atoms with Crippen molar-refractivity contribution < 1.29 is 28.5 Å². The number of rotatable bonds is 8. The molecule has 0 spiro atoms. The average Bonchev–Trinajstić information content (AvgIpc) is 3.21. The quantitative estimate of drug-likeness (QED) is 0.213. The van der Waals surface area contributed by atoms with Gasteiger partial charge in [0, 0.05) is 17.1 Å². The summed E-state index contributed by atoms with van der Waals surface area (Å²) >= 11 is 6.12. The summed E-state index contributed by atoms with van der Waals surface area (Å²) in [5.41, 5.74) is 1.65. The molecule has 0 aliphatic carbocycles. The summed E-state index contributed by atoms with van der Waals surface area (Å²) in [6.45, 7) is -0.345. The molecule has 3 aromatic carbocycles. The molecule has 11 heteroatoms. The van der Waals surface area contributed by atoms with Crippen LogP contribution in [0.1, 0.15) is 6.04 Å². The number of anilines is 1. The number of aliphatic hydroxyl groups is 1. The molecule has 4 aromatic rings. The van der Waals surface area contributed by atoms with Gasteiger partial charge in [-0.1, -0.05) is 18.2 Å². The SMILES string of the molecule is COc1cc(-c2nc3ccc(S(=O)(=O)Nc4ccccc4)cc3n2C(CO)CCl)cc(O)c1O. The number of alkyl halides is 1. The van der Waals surface area contributed by atoms with Crippen LogP contribution in [-0.4, -0.2) is 52.9 Å². The molecule has 0 saturated carbocycles. The first-order valence-corrected chi connectivity index (χ1v) is 12.2. The number of nitrogens with zero attached hydrogens (tertiary/aromatic N) is 2. The maximum absolute atomic E-state index is 13.0. The summed E-state index contributed by atoms with van der Waals surface area (Å²) in [6.07, 6.45) is 0. The van der Waals surface area contributed by atoms with Gasteiger partial charge in [-0.25, -0.2) is 13.4 Å². The van der Waals surface area contributed by atoms with Crippen LogP contribution in [0.15, 0.2) is 65.6 Å². The Balaban J connectivity index is 1.91. The number of benzene rings is 3. The van der Waals surface area contributed by atoms with Gasteiger partial charge in [0.05, 0.1) is 35.7 Å². The molecule has 1 heterocycles. The Hall–Kier alpha value is -3.47. The number of phenolic OH excluding ortho intramolecular Hbond substituents is 2.